The molecular weight excluding hydrogens is 437 g/mol. The van der Waals surface area contributed by atoms with Gasteiger partial charge in [0, 0.05) is 30.4 Å². The maximum absolute atomic E-state index is 13.1. The van der Waals surface area contributed by atoms with E-state index in [1.807, 2.05) is 6.07 Å². The predicted octanol–water partition coefficient (Wildman–Crippen LogP) is 3.89. The molecule has 0 spiro atoms. The summed E-state index contributed by atoms with van der Waals surface area (Å²) in [7, 11) is 0. The van der Waals surface area contributed by atoms with Gasteiger partial charge in [-0.05, 0) is 62.1 Å². The quantitative estimate of drug-likeness (QED) is 0.450. The van der Waals surface area contributed by atoms with E-state index >= 15 is 0 Å². The van der Waals surface area contributed by atoms with Crippen LogP contribution in [0.2, 0.25) is 0 Å². The molecule has 4 aromatic rings. The molecule has 0 saturated heterocycles. The first kappa shape index (κ1) is 21.9. The molecule has 0 radical (unpaired) electrons. The summed E-state index contributed by atoms with van der Waals surface area (Å²) in [6, 6.07) is 13.2. The maximum atomic E-state index is 13.1. The summed E-state index contributed by atoms with van der Waals surface area (Å²) in [6.07, 6.45) is 3.91. The van der Waals surface area contributed by atoms with Crippen LogP contribution in [0.3, 0.4) is 0 Å². The Kier molecular flexibility index (Phi) is 6.16. The fourth-order valence-electron chi connectivity index (χ4n) is 4.38. The van der Waals surface area contributed by atoms with Gasteiger partial charge >= 0.3 is 0 Å². The second-order valence-electron chi connectivity index (χ2n) is 8.60. The van der Waals surface area contributed by atoms with Gasteiger partial charge in [-0.25, -0.2) is 9.37 Å². The number of nitrogens with zero attached hydrogens (tertiary/aromatic N) is 3. The minimum atomic E-state index is -0.314. The third-order valence-corrected chi connectivity index (χ3v) is 6.22. The van der Waals surface area contributed by atoms with Crippen LogP contribution in [-0.4, -0.2) is 32.1 Å². The number of rotatable bonds is 6. The van der Waals surface area contributed by atoms with Gasteiger partial charge in [0.05, 0.1) is 10.9 Å². The number of carbonyl (C=O) groups is 1. The van der Waals surface area contributed by atoms with Crippen molar-refractivity contribution in [1.29, 1.82) is 0 Å². The lowest BCUT2D eigenvalue weighted by Crippen LogP contribution is -2.37. The summed E-state index contributed by atoms with van der Waals surface area (Å²) in [5.41, 5.74) is 1.12. The van der Waals surface area contributed by atoms with Crippen LogP contribution in [-0.2, 0) is 11.2 Å². The monoisotopic (exact) mass is 461 g/mol. The number of nitrogens with one attached hydrogen (secondary N) is 2. The lowest BCUT2D eigenvalue weighted by Gasteiger charge is -2.27. The third-order valence-electron chi connectivity index (χ3n) is 6.22. The van der Waals surface area contributed by atoms with Gasteiger partial charge in [-0.15, -0.1) is 10.2 Å². The van der Waals surface area contributed by atoms with Crippen molar-refractivity contribution in [2.45, 2.75) is 50.5 Å². The first-order valence-electron chi connectivity index (χ1n) is 11.4. The number of benzene rings is 2. The number of H-pyrrole nitrogens is 1. The van der Waals surface area contributed by atoms with Gasteiger partial charge in [-0.1, -0.05) is 12.1 Å². The van der Waals surface area contributed by atoms with Gasteiger partial charge in [0.2, 0.25) is 17.7 Å². The fourth-order valence-corrected chi connectivity index (χ4v) is 4.38. The normalized spacial score (nSPS) is 18.1. The molecule has 1 aliphatic carbocycles. The molecule has 2 N–H and O–H groups in total. The number of para-hydroxylation sites is 1. The summed E-state index contributed by atoms with van der Waals surface area (Å²) < 4.78 is 18.9. The average molecular weight is 461 g/mol. The van der Waals surface area contributed by atoms with Crippen molar-refractivity contribution in [3.8, 4) is 11.5 Å². The minimum absolute atomic E-state index is 0.0596. The van der Waals surface area contributed by atoms with Crippen molar-refractivity contribution in [1.82, 2.24) is 25.5 Å². The number of fused-ring (bicyclic) bond motifs is 1. The first-order chi connectivity index (χ1) is 16.5. The molecule has 2 heterocycles. The Morgan fingerprint density at radius 2 is 1.82 bits per heavy atom. The molecule has 2 aromatic carbocycles. The fraction of sp³-hybridized carbons (Fsp3) is 0.320. The van der Waals surface area contributed by atoms with E-state index in [1.54, 1.807) is 30.3 Å². The average Bonchev–Trinajstić information content (AvgIpc) is 3.34. The van der Waals surface area contributed by atoms with E-state index in [1.165, 1.54) is 12.1 Å². The number of hydrogen-bond donors (Lipinski definition) is 2. The number of aromatic nitrogens is 4. The molecule has 174 valence electrons. The van der Waals surface area contributed by atoms with Gasteiger partial charge in [0.1, 0.15) is 11.6 Å². The number of aromatic amines is 1. The highest BCUT2D eigenvalue weighted by Gasteiger charge is 2.27. The van der Waals surface area contributed by atoms with Gasteiger partial charge in [0.25, 0.3) is 5.56 Å². The van der Waals surface area contributed by atoms with Crippen LogP contribution in [0.5, 0.6) is 0 Å². The Bertz CT molecular complexity index is 1360. The molecule has 0 bridgehead atoms. The zero-order valence-electron chi connectivity index (χ0n) is 18.5. The molecular formula is C25H24FN5O3. The predicted molar refractivity (Wildman–Crippen MR) is 124 cm³/mol. The summed E-state index contributed by atoms with van der Waals surface area (Å²) in [5, 5.41) is 11.9. The van der Waals surface area contributed by atoms with Crippen LogP contribution in [0.1, 0.15) is 49.7 Å². The Morgan fingerprint density at radius 3 is 2.62 bits per heavy atom. The highest BCUT2D eigenvalue weighted by molar-refractivity contribution is 5.78. The molecule has 0 unspecified atom stereocenters. The molecule has 2 aromatic heterocycles. The van der Waals surface area contributed by atoms with Crippen molar-refractivity contribution < 1.29 is 13.6 Å². The van der Waals surface area contributed by atoms with Crippen LogP contribution >= 0.6 is 0 Å². The topological polar surface area (TPSA) is 114 Å². The third kappa shape index (κ3) is 4.88. The number of halogens is 1. The number of aryl methyl sites for hydroxylation is 1. The highest BCUT2D eigenvalue weighted by Crippen LogP contribution is 2.33. The Morgan fingerprint density at radius 1 is 1.06 bits per heavy atom. The van der Waals surface area contributed by atoms with Crippen LogP contribution < -0.4 is 10.9 Å². The lowest BCUT2D eigenvalue weighted by atomic mass is 9.86. The molecule has 8 nitrogen and oxygen atoms in total. The zero-order valence-corrected chi connectivity index (χ0v) is 18.5. The smallest absolute Gasteiger partial charge is 0.258 e. The first-order valence-corrected chi connectivity index (χ1v) is 11.4. The summed E-state index contributed by atoms with van der Waals surface area (Å²) in [4.78, 5) is 31.9. The van der Waals surface area contributed by atoms with E-state index in [2.05, 4.69) is 25.5 Å². The largest absolute Gasteiger partial charge is 0.420 e. The highest BCUT2D eigenvalue weighted by atomic mass is 19.1. The number of carbonyl (C=O) groups excluding carboxylic acids is 1. The van der Waals surface area contributed by atoms with Crippen molar-refractivity contribution in [3.63, 3.8) is 0 Å². The Labute approximate surface area is 194 Å². The van der Waals surface area contributed by atoms with Crippen LogP contribution in [0.4, 0.5) is 4.39 Å². The molecule has 5 rings (SSSR count). The van der Waals surface area contributed by atoms with E-state index in [4.69, 9.17) is 4.42 Å². The molecule has 1 fully saturated rings. The molecule has 34 heavy (non-hydrogen) atoms. The Balaban J connectivity index is 1.11. The van der Waals surface area contributed by atoms with Gasteiger partial charge in [-0.3, -0.25) is 9.59 Å². The minimum Gasteiger partial charge on any atom is -0.420 e. The lowest BCUT2D eigenvalue weighted by molar-refractivity contribution is -0.122. The number of hydrogen-bond acceptors (Lipinski definition) is 6. The van der Waals surface area contributed by atoms with Gasteiger partial charge in [-0.2, -0.15) is 0 Å². The number of amides is 1. The second kappa shape index (κ2) is 9.54. The van der Waals surface area contributed by atoms with E-state index in [0.717, 1.165) is 25.7 Å². The van der Waals surface area contributed by atoms with Crippen molar-refractivity contribution in [3.05, 3.63) is 76.4 Å². The molecule has 1 saturated carbocycles. The van der Waals surface area contributed by atoms with Crippen LogP contribution in [0, 0.1) is 5.82 Å². The van der Waals surface area contributed by atoms with E-state index < -0.39 is 0 Å². The van der Waals surface area contributed by atoms with E-state index in [-0.39, 0.29) is 35.7 Å². The standard InChI is InChI=1S/C25H24FN5O3/c26-17-9-5-15(6-10-17)24-30-31-25(34-24)16-7-11-18(12-8-16)27-22(32)14-13-21-28-20-4-2-1-3-19(20)23(33)29-21/h1-6,9-10,16,18H,7-8,11-14H2,(H,27,32)(H,28,29,33). The summed E-state index contributed by atoms with van der Waals surface area (Å²) in [6.45, 7) is 0. The van der Waals surface area contributed by atoms with Gasteiger partial charge in [0.15, 0.2) is 0 Å². The molecule has 0 aliphatic heterocycles. The molecule has 0 atom stereocenters. The summed E-state index contributed by atoms with van der Waals surface area (Å²) >= 11 is 0. The zero-order chi connectivity index (χ0) is 23.5. The van der Waals surface area contributed by atoms with Gasteiger partial charge < -0.3 is 14.7 Å². The van der Waals surface area contributed by atoms with Crippen molar-refractivity contribution in [2.75, 3.05) is 0 Å². The van der Waals surface area contributed by atoms with Crippen molar-refractivity contribution >= 4 is 16.8 Å². The molecule has 1 amide bonds. The van der Waals surface area contributed by atoms with Crippen LogP contribution in [0.15, 0.2) is 57.7 Å². The summed E-state index contributed by atoms with van der Waals surface area (Å²) in [5.74, 6) is 1.24. The van der Waals surface area contributed by atoms with E-state index in [0.29, 0.717) is 40.5 Å². The second-order valence-corrected chi connectivity index (χ2v) is 8.60. The van der Waals surface area contributed by atoms with Crippen LogP contribution in [0.25, 0.3) is 22.4 Å². The maximum Gasteiger partial charge on any atom is 0.258 e. The molecule has 9 heteroatoms. The van der Waals surface area contributed by atoms with Crippen molar-refractivity contribution in [2.24, 2.45) is 0 Å². The molecule has 1 aliphatic rings. The Hall–Kier alpha value is -3.88. The SMILES string of the molecule is O=C(CCc1nc2ccccc2c(=O)[nH]1)NC1CCC(c2nnc(-c3ccc(F)cc3)o2)CC1. The van der Waals surface area contributed by atoms with E-state index in [9.17, 15) is 14.0 Å².